The molecule has 0 bridgehead atoms. The maximum atomic E-state index is 13.7. The molecule has 1 saturated carbocycles. The Kier molecular flexibility index (Phi) is 4.27. The van der Waals surface area contributed by atoms with Gasteiger partial charge in [0.15, 0.2) is 0 Å². The maximum absolute atomic E-state index is 13.7. The first-order valence-electron chi connectivity index (χ1n) is 6.99. The van der Waals surface area contributed by atoms with Crippen molar-refractivity contribution in [3.63, 3.8) is 0 Å². The molecule has 5 N–H and O–H groups in total. The predicted octanol–water partition coefficient (Wildman–Crippen LogP) is 1.83. The predicted molar refractivity (Wildman–Crippen MR) is 78.3 cm³/mol. The third-order valence-corrected chi connectivity index (χ3v) is 4.01. The highest BCUT2D eigenvalue weighted by Crippen LogP contribution is 2.30. The molecule has 6 heteroatoms. The minimum atomic E-state index is -0.740. The van der Waals surface area contributed by atoms with Crippen molar-refractivity contribution < 1.29 is 14.0 Å². The molecule has 0 heterocycles. The highest BCUT2D eigenvalue weighted by molar-refractivity contribution is 5.97. The second-order valence-corrected chi connectivity index (χ2v) is 5.79. The van der Waals surface area contributed by atoms with Crippen LogP contribution in [0, 0.1) is 12.7 Å². The van der Waals surface area contributed by atoms with Gasteiger partial charge in [0, 0.05) is 28.8 Å². The summed E-state index contributed by atoms with van der Waals surface area (Å²) in [6.07, 6.45) is 3.86. The molecule has 0 saturated heterocycles. The summed E-state index contributed by atoms with van der Waals surface area (Å²) < 4.78 is 13.7. The van der Waals surface area contributed by atoms with Gasteiger partial charge in [0.2, 0.25) is 11.8 Å². The lowest BCUT2D eigenvalue weighted by Gasteiger charge is -2.23. The highest BCUT2D eigenvalue weighted by Gasteiger charge is 2.31. The van der Waals surface area contributed by atoms with Crippen molar-refractivity contribution >= 4 is 17.5 Å². The maximum Gasteiger partial charge on any atom is 0.248 e. The zero-order valence-electron chi connectivity index (χ0n) is 12.0. The molecule has 0 unspecified atom stereocenters. The van der Waals surface area contributed by atoms with Crippen LogP contribution in [0.3, 0.4) is 0 Å². The summed E-state index contributed by atoms with van der Waals surface area (Å²) in [6.45, 7) is 1.53. The molecule has 1 aromatic carbocycles. The Balaban J connectivity index is 2.15. The molecule has 0 aliphatic heterocycles. The van der Waals surface area contributed by atoms with Gasteiger partial charge in [-0.1, -0.05) is 12.8 Å². The summed E-state index contributed by atoms with van der Waals surface area (Å²) in [4.78, 5) is 23.2. The largest absolute Gasteiger partial charge is 0.366 e. The van der Waals surface area contributed by atoms with E-state index < -0.39 is 17.3 Å². The second-order valence-electron chi connectivity index (χ2n) is 5.79. The number of nitrogens with two attached hydrogens (primary N) is 2. The van der Waals surface area contributed by atoms with E-state index in [4.69, 9.17) is 11.5 Å². The van der Waals surface area contributed by atoms with E-state index in [-0.39, 0.29) is 29.1 Å². The van der Waals surface area contributed by atoms with Crippen molar-refractivity contribution in [3.05, 3.63) is 29.1 Å². The van der Waals surface area contributed by atoms with Crippen molar-refractivity contribution in [2.45, 2.75) is 44.6 Å². The molecule has 1 fully saturated rings. The molecule has 0 spiro atoms. The van der Waals surface area contributed by atoms with Crippen LogP contribution in [0.15, 0.2) is 12.1 Å². The smallest absolute Gasteiger partial charge is 0.248 e. The molecule has 1 aliphatic rings. The Bertz CT molecular complexity index is 581. The van der Waals surface area contributed by atoms with Gasteiger partial charge in [-0.25, -0.2) is 4.39 Å². The fraction of sp³-hybridized carbons (Fsp3) is 0.467. The van der Waals surface area contributed by atoms with Crippen LogP contribution in [-0.4, -0.2) is 17.4 Å². The molecular formula is C15H20FN3O2. The van der Waals surface area contributed by atoms with Gasteiger partial charge in [0.1, 0.15) is 5.82 Å². The van der Waals surface area contributed by atoms with Gasteiger partial charge in [-0.3, -0.25) is 9.59 Å². The van der Waals surface area contributed by atoms with Crippen molar-refractivity contribution in [2.75, 3.05) is 5.32 Å². The summed E-state index contributed by atoms with van der Waals surface area (Å²) in [5.74, 6) is -1.59. The topological polar surface area (TPSA) is 98.2 Å². The molecule has 2 rings (SSSR count). The van der Waals surface area contributed by atoms with Crippen molar-refractivity contribution in [1.29, 1.82) is 0 Å². The zero-order valence-corrected chi connectivity index (χ0v) is 12.0. The van der Waals surface area contributed by atoms with E-state index in [9.17, 15) is 14.0 Å². The van der Waals surface area contributed by atoms with Crippen molar-refractivity contribution in [2.24, 2.45) is 11.5 Å². The van der Waals surface area contributed by atoms with E-state index in [0.29, 0.717) is 0 Å². The molecule has 0 aromatic heterocycles. The first-order valence-corrected chi connectivity index (χ1v) is 6.99. The van der Waals surface area contributed by atoms with Crippen LogP contribution < -0.4 is 16.8 Å². The summed E-state index contributed by atoms with van der Waals surface area (Å²) >= 11 is 0. The fourth-order valence-corrected chi connectivity index (χ4v) is 2.72. The molecule has 1 aromatic rings. The zero-order chi connectivity index (χ0) is 15.6. The van der Waals surface area contributed by atoms with E-state index in [0.717, 1.165) is 31.7 Å². The molecule has 2 amide bonds. The Morgan fingerprint density at radius 2 is 1.95 bits per heavy atom. The molecule has 21 heavy (non-hydrogen) atoms. The van der Waals surface area contributed by atoms with E-state index in [1.165, 1.54) is 13.0 Å². The van der Waals surface area contributed by atoms with Gasteiger partial charge in [0.05, 0.1) is 0 Å². The third kappa shape index (κ3) is 3.58. The number of nitrogens with one attached hydrogen (secondary N) is 1. The lowest BCUT2D eigenvalue weighted by molar-refractivity contribution is -0.117. The number of rotatable bonds is 4. The Labute approximate surface area is 122 Å². The number of carbonyl (C=O) groups is 2. The van der Waals surface area contributed by atoms with Gasteiger partial charge in [0.25, 0.3) is 0 Å². The van der Waals surface area contributed by atoms with Gasteiger partial charge in [-0.05, 0) is 31.9 Å². The van der Waals surface area contributed by atoms with Gasteiger partial charge < -0.3 is 16.8 Å². The highest BCUT2D eigenvalue weighted by atomic mass is 19.1. The molecular weight excluding hydrogens is 273 g/mol. The number of halogens is 1. The molecule has 0 radical (unpaired) electrons. The van der Waals surface area contributed by atoms with Gasteiger partial charge in [-0.2, -0.15) is 0 Å². The number of hydrogen-bond acceptors (Lipinski definition) is 3. The van der Waals surface area contributed by atoms with Crippen LogP contribution in [-0.2, 0) is 4.79 Å². The van der Waals surface area contributed by atoms with Crippen LogP contribution in [0.2, 0.25) is 0 Å². The van der Waals surface area contributed by atoms with E-state index in [2.05, 4.69) is 5.32 Å². The Hall–Kier alpha value is -1.95. The molecule has 1 aliphatic carbocycles. The summed E-state index contributed by atoms with van der Waals surface area (Å²) in [6, 6.07) is 2.45. The third-order valence-electron chi connectivity index (χ3n) is 4.01. The number of primary amides is 1. The standard InChI is InChI=1S/C15H20FN3O2/c1-9-11(16)6-10(14(17)21)7-12(9)19-13(20)8-15(18)4-2-3-5-15/h6-7H,2-5,8,18H2,1H3,(H2,17,21)(H,19,20). The summed E-state index contributed by atoms with van der Waals surface area (Å²) in [5, 5.41) is 2.63. The minimum absolute atomic E-state index is 0.0247. The summed E-state index contributed by atoms with van der Waals surface area (Å²) in [7, 11) is 0. The van der Waals surface area contributed by atoms with Crippen molar-refractivity contribution in [3.8, 4) is 0 Å². The van der Waals surface area contributed by atoms with Gasteiger partial charge in [-0.15, -0.1) is 0 Å². The van der Waals surface area contributed by atoms with Crippen LogP contribution in [0.1, 0.15) is 48.0 Å². The lowest BCUT2D eigenvalue weighted by atomic mass is 9.94. The first kappa shape index (κ1) is 15.4. The summed E-state index contributed by atoms with van der Waals surface area (Å²) in [5.41, 5.74) is 11.4. The monoisotopic (exact) mass is 293 g/mol. The normalized spacial score (nSPS) is 16.7. The van der Waals surface area contributed by atoms with Gasteiger partial charge >= 0.3 is 0 Å². The average Bonchev–Trinajstić information content (AvgIpc) is 2.80. The number of anilines is 1. The van der Waals surface area contributed by atoms with Crippen LogP contribution >= 0.6 is 0 Å². The first-order chi connectivity index (χ1) is 9.81. The number of amides is 2. The van der Waals surface area contributed by atoms with E-state index in [1.807, 2.05) is 0 Å². The van der Waals surface area contributed by atoms with Crippen LogP contribution in [0.25, 0.3) is 0 Å². The fourth-order valence-electron chi connectivity index (χ4n) is 2.72. The Morgan fingerprint density at radius 1 is 1.33 bits per heavy atom. The van der Waals surface area contributed by atoms with Crippen molar-refractivity contribution in [1.82, 2.24) is 0 Å². The lowest BCUT2D eigenvalue weighted by Crippen LogP contribution is -2.40. The van der Waals surface area contributed by atoms with E-state index in [1.54, 1.807) is 0 Å². The quantitative estimate of drug-likeness (QED) is 0.789. The van der Waals surface area contributed by atoms with E-state index >= 15 is 0 Å². The number of carbonyl (C=O) groups excluding carboxylic acids is 2. The van der Waals surface area contributed by atoms with Crippen LogP contribution in [0.5, 0.6) is 0 Å². The number of benzene rings is 1. The average molecular weight is 293 g/mol. The SMILES string of the molecule is Cc1c(F)cc(C(N)=O)cc1NC(=O)CC1(N)CCCC1. The minimum Gasteiger partial charge on any atom is -0.366 e. The molecule has 114 valence electrons. The van der Waals surface area contributed by atoms with Crippen LogP contribution in [0.4, 0.5) is 10.1 Å². The Morgan fingerprint density at radius 3 is 2.52 bits per heavy atom. The molecule has 5 nitrogen and oxygen atoms in total. The molecule has 0 atom stereocenters. The number of hydrogen-bond donors (Lipinski definition) is 3. The second kappa shape index (κ2) is 5.81.